The van der Waals surface area contributed by atoms with Crippen LogP contribution >= 0.6 is 11.6 Å². The van der Waals surface area contributed by atoms with E-state index in [2.05, 4.69) is 38.1 Å². The zero-order valence-corrected chi connectivity index (χ0v) is 9.14. The molecule has 0 saturated carbocycles. The van der Waals surface area contributed by atoms with E-state index in [0.29, 0.717) is 5.92 Å². The molecule has 0 radical (unpaired) electrons. The van der Waals surface area contributed by atoms with Gasteiger partial charge in [-0.1, -0.05) is 37.6 Å². The highest BCUT2D eigenvalue weighted by atomic mass is 35.5. The van der Waals surface area contributed by atoms with Crippen molar-refractivity contribution < 1.29 is 0 Å². The van der Waals surface area contributed by atoms with Gasteiger partial charge in [0.15, 0.2) is 0 Å². The fraction of sp³-hybridized carbons (Fsp3) is 0.500. The third-order valence-electron chi connectivity index (χ3n) is 2.57. The molecule has 13 heavy (non-hydrogen) atoms. The average molecular weight is 197 g/mol. The van der Waals surface area contributed by atoms with Gasteiger partial charge >= 0.3 is 0 Å². The number of hydrogen-bond acceptors (Lipinski definition) is 0. The third-order valence-corrected chi connectivity index (χ3v) is 3.00. The van der Waals surface area contributed by atoms with E-state index < -0.39 is 0 Å². The number of hydrogen-bond donors (Lipinski definition) is 0. The Labute approximate surface area is 85.9 Å². The molecular formula is C12H17Cl. The summed E-state index contributed by atoms with van der Waals surface area (Å²) in [4.78, 5) is 0. The van der Waals surface area contributed by atoms with Gasteiger partial charge < -0.3 is 0 Å². The molecule has 0 aliphatic heterocycles. The molecular weight excluding hydrogens is 180 g/mol. The molecule has 0 aromatic heterocycles. The Balaban J connectivity index is 2.67. The van der Waals surface area contributed by atoms with E-state index >= 15 is 0 Å². The standard InChI is InChI=1S/C12H17Cl/c1-3-11(9-13)8-12-7-5-4-6-10(12)2/h4-7,11H,3,8-9H2,1-2H3. The van der Waals surface area contributed by atoms with Crippen molar-refractivity contribution in [3.63, 3.8) is 0 Å². The molecule has 0 N–H and O–H groups in total. The summed E-state index contributed by atoms with van der Waals surface area (Å²) in [7, 11) is 0. The van der Waals surface area contributed by atoms with Crippen molar-refractivity contribution in [3.05, 3.63) is 35.4 Å². The lowest BCUT2D eigenvalue weighted by atomic mass is 9.96. The molecule has 0 spiro atoms. The third kappa shape index (κ3) is 3.04. The Morgan fingerprint density at radius 3 is 2.54 bits per heavy atom. The van der Waals surface area contributed by atoms with Crippen molar-refractivity contribution in [2.75, 3.05) is 5.88 Å². The molecule has 0 bridgehead atoms. The highest BCUT2D eigenvalue weighted by Crippen LogP contribution is 2.16. The lowest BCUT2D eigenvalue weighted by molar-refractivity contribution is 0.565. The second-order valence-electron chi connectivity index (χ2n) is 3.56. The number of alkyl halides is 1. The Kier molecular flexibility index (Phi) is 4.31. The van der Waals surface area contributed by atoms with Gasteiger partial charge in [0.25, 0.3) is 0 Å². The Bertz CT molecular complexity index is 251. The maximum atomic E-state index is 5.87. The van der Waals surface area contributed by atoms with Crippen LogP contribution in [0.3, 0.4) is 0 Å². The van der Waals surface area contributed by atoms with Crippen LogP contribution in [0, 0.1) is 12.8 Å². The molecule has 1 aromatic carbocycles. The largest absolute Gasteiger partial charge is 0.126 e. The van der Waals surface area contributed by atoms with E-state index in [4.69, 9.17) is 11.6 Å². The summed E-state index contributed by atoms with van der Waals surface area (Å²) in [6, 6.07) is 8.55. The van der Waals surface area contributed by atoms with Gasteiger partial charge in [-0.25, -0.2) is 0 Å². The number of aryl methyl sites for hydroxylation is 1. The van der Waals surface area contributed by atoms with Gasteiger partial charge in [-0.3, -0.25) is 0 Å². The van der Waals surface area contributed by atoms with Crippen LogP contribution in [0.2, 0.25) is 0 Å². The Morgan fingerprint density at radius 2 is 2.00 bits per heavy atom. The van der Waals surface area contributed by atoms with Crippen LogP contribution in [0.25, 0.3) is 0 Å². The fourth-order valence-corrected chi connectivity index (χ4v) is 1.79. The zero-order valence-electron chi connectivity index (χ0n) is 8.39. The highest BCUT2D eigenvalue weighted by molar-refractivity contribution is 6.18. The quantitative estimate of drug-likeness (QED) is 0.643. The lowest BCUT2D eigenvalue weighted by Crippen LogP contribution is -2.05. The van der Waals surface area contributed by atoms with Crippen molar-refractivity contribution in [1.29, 1.82) is 0 Å². The summed E-state index contributed by atoms with van der Waals surface area (Å²) in [5.41, 5.74) is 2.82. The van der Waals surface area contributed by atoms with E-state index in [1.807, 2.05) is 0 Å². The van der Waals surface area contributed by atoms with Gasteiger partial charge in [0.1, 0.15) is 0 Å². The maximum absolute atomic E-state index is 5.87. The number of benzene rings is 1. The molecule has 1 aromatic rings. The van der Waals surface area contributed by atoms with E-state index in [0.717, 1.165) is 18.7 Å². The van der Waals surface area contributed by atoms with Crippen LogP contribution in [0.5, 0.6) is 0 Å². The smallest absolute Gasteiger partial charge is 0.0254 e. The first-order valence-electron chi connectivity index (χ1n) is 4.88. The van der Waals surface area contributed by atoms with Crippen molar-refractivity contribution in [1.82, 2.24) is 0 Å². The minimum Gasteiger partial charge on any atom is -0.126 e. The number of rotatable bonds is 4. The summed E-state index contributed by atoms with van der Waals surface area (Å²) in [5, 5.41) is 0. The monoisotopic (exact) mass is 196 g/mol. The van der Waals surface area contributed by atoms with Crippen LogP contribution < -0.4 is 0 Å². The maximum Gasteiger partial charge on any atom is 0.0254 e. The van der Waals surface area contributed by atoms with Gasteiger partial charge in [0.2, 0.25) is 0 Å². The van der Waals surface area contributed by atoms with Gasteiger partial charge in [0.05, 0.1) is 0 Å². The molecule has 0 fully saturated rings. The summed E-state index contributed by atoms with van der Waals surface area (Å²) >= 11 is 5.87. The second-order valence-corrected chi connectivity index (χ2v) is 3.87. The van der Waals surface area contributed by atoms with Crippen LogP contribution in [0.15, 0.2) is 24.3 Å². The van der Waals surface area contributed by atoms with Crippen molar-refractivity contribution >= 4 is 11.6 Å². The summed E-state index contributed by atoms with van der Waals surface area (Å²) in [6.45, 7) is 4.36. The summed E-state index contributed by atoms with van der Waals surface area (Å²) in [5.74, 6) is 1.40. The highest BCUT2D eigenvalue weighted by Gasteiger charge is 2.06. The zero-order chi connectivity index (χ0) is 9.68. The van der Waals surface area contributed by atoms with Gasteiger partial charge in [-0.15, -0.1) is 11.6 Å². The van der Waals surface area contributed by atoms with Crippen molar-refractivity contribution in [2.24, 2.45) is 5.92 Å². The van der Waals surface area contributed by atoms with Gasteiger partial charge in [-0.2, -0.15) is 0 Å². The summed E-state index contributed by atoms with van der Waals surface area (Å²) in [6.07, 6.45) is 2.28. The van der Waals surface area contributed by atoms with E-state index in [9.17, 15) is 0 Å². The van der Waals surface area contributed by atoms with Crippen LogP contribution in [-0.2, 0) is 6.42 Å². The molecule has 0 amide bonds. The molecule has 1 unspecified atom stereocenters. The molecule has 0 nitrogen and oxygen atoms in total. The average Bonchev–Trinajstić information content (AvgIpc) is 2.17. The lowest BCUT2D eigenvalue weighted by Gasteiger charge is -2.12. The topological polar surface area (TPSA) is 0 Å². The van der Waals surface area contributed by atoms with E-state index in [1.54, 1.807) is 0 Å². The van der Waals surface area contributed by atoms with Gasteiger partial charge in [0, 0.05) is 5.88 Å². The second kappa shape index (κ2) is 5.29. The van der Waals surface area contributed by atoms with E-state index in [1.165, 1.54) is 11.1 Å². The number of halogens is 1. The van der Waals surface area contributed by atoms with Gasteiger partial charge in [-0.05, 0) is 30.4 Å². The fourth-order valence-electron chi connectivity index (χ4n) is 1.46. The minimum atomic E-state index is 0.628. The minimum absolute atomic E-state index is 0.628. The molecule has 1 atom stereocenters. The molecule has 0 aliphatic carbocycles. The van der Waals surface area contributed by atoms with Crippen LogP contribution in [0.4, 0.5) is 0 Å². The Morgan fingerprint density at radius 1 is 1.31 bits per heavy atom. The normalized spacial score (nSPS) is 12.8. The molecule has 72 valence electrons. The first kappa shape index (κ1) is 10.6. The summed E-state index contributed by atoms with van der Waals surface area (Å²) < 4.78 is 0. The van der Waals surface area contributed by atoms with Crippen molar-refractivity contribution in [2.45, 2.75) is 26.7 Å². The molecule has 1 heteroatoms. The molecule has 0 aliphatic rings. The predicted molar refractivity (Wildman–Crippen MR) is 59.4 cm³/mol. The first-order chi connectivity index (χ1) is 6.27. The molecule has 0 saturated heterocycles. The Hall–Kier alpha value is -0.490. The van der Waals surface area contributed by atoms with Crippen molar-refractivity contribution in [3.8, 4) is 0 Å². The predicted octanol–water partition coefficient (Wildman–Crippen LogP) is 3.80. The van der Waals surface area contributed by atoms with Crippen LogP contribution in [-0.4, -0.2) is 5.88 Å². The van der Waals surface area contributed by atoms with Crippen LogP contribution in [0.1, 0.15) is 24.5 Å². The SMILES string of the molecule is CCC(CCl)Cc1ccccc1C. The molecule has 0 heterocycles. The molecule has 1 rings (SSSR count). The first-order valence-corrected chi connectivity index (χ1v) is 5.41. The van der Waals surface area contributed by atoms with E-state index in [-0.39, 0.29) is 0 Å².